The Labute approximate surface area is 129 Å². The van der Waals surface area contributed by atoms with Gasteiger partial charge in [-0.15, -0.1) is 0 Å². The van der Waals surface area contributed by atoms with Gasteiger partial charge in [-0.2, -0.15) is 0 Å². The molecule has 114 valence electrons. The van der Waals surface area contributed by atoms with E-state index in [2.05, 4.69) is 10.3 Å². The van der Waals surface area contributed by atoms with E-state index in [-0.39, 0.29) is 12.5 Å². The Morgan fingerprint density at radius 1 is 1.14 bits per heavy atom. The SMILES string of the molecule is COC(=O)[C@](C)(CNC(=O)c1ccncc1)c1ccccc1. The molecule has 0 saturated heterocycles. The molecule has 1 N–H and O–H groups in total. The van der Waals surface area contributed by atoms with Crippen LogP contribution in [0.15, 0.2) is 54.9 Å². The van der Waals surface area contributed by atoms with Gasteiger partial charge in [-0.1, -0.05) is 30.3 Å². The fraction of sp³-hybridized carbons (Fsp3) is 0.235. The maximum absolute atomic E-state index is 12.2. The van der Waals surface area contributed by atoms with Crippen molar-refractivity contribution in [1.29, 1.82) is 0 Å². The lowest BCUT2D eigenvalue weighted by Crippen LogP contribution is -2.45. The third-order valence-electron chi connectivity index (χ3n) is 3.59. The monoisotopic (exact) mass is 298 g/mol. The van der Waals surface area contributed by atoms with Crippen LogP contribution >= 0.6 is 0 Å². The molecular weight excluding hydrogens is 280 g/mol. The second-order valence-electron chi connectivity index (χ2n) is 5.11. The maximum Gasteiger partial charge on any atom is 0.317 e. The predicted molar refractivity (Wildman–Crippen MR) is 82.4 cm³/mol. The van der Waals surface area contributed by atoms with Crippen molar-refractivity contribution in [2.45, 2.75) is 12.3 Å². The van der Waals surface area contributed by atoms with Crippen molar-refractivity contribution in [2.24, 2.45) is 0 Å². The first-order valence-corrected chi connectivity index (χ1v) is 6.90. The number of hydrogen-bond acceptors (Lipinski definition) is 4. The number of benzene rings is 1. The summed E-state index contributed by atoms with van der Waals surface area (Å²) in [4.78, 5) is 28.2. The van der Waals surface area contributed by atoms with E-state index in [1.165, 1.54) is 7.11 Å². The zero-order chi connectivity index (χ0) is 16.0. The van der Waals surface area contributed by atoms with Crippen LogP contribution in [0.2, 0.25) is 0 Å². The molecule has 0 saturated carbocycles. The van der Waals surface area contributed by atoms with Crippen molar-refractivity contribution < 1.29 is 14.3 Å². The van der Waals surface area contributed by atoms with Crippen LogP contribution in [0.3, 0.4) is 0 Å². The Bertz CT molecular complexity index is 643. The average Bonchev–Trinajstić information content (AvgIpc) is 2.60. The summed E-state index contributed by atoms with van der Waals surface area (Å²) >= 11 is 0. The van der Waals surface area contributed by atoms with Gasteiger partial charge in [0.25, 0.3) is 5.91 Å². The van der Waals surface area contributed by atoms with Gasteiger partial charge in [-0.3, -0.25) is 14.6 Å². The highest BCUT2D eigenvalue weighted by Crippen LogP contribution is 2.24. The number of amides is 1. The summed E-state index contributed by atoms with van der Waals surface area (Å²) in [7, 11) is 1.34. The van der Waals surface area contributed by atoms with E-state index in [1.54, 1.807) is 31.5 Å². The number of methoxy groups -OCH3 is 1. The molecule has 2 rings (SSSR count). The number of hydrogen-bond donors (Lipinski definition) is 1. The third-order valence-corrected chi connectivity index (χ3v) is 3.59. The number of esters is 1. The second kappa shape index (κ2) is 6.85. The largest absolute Gasteiger partial charge is 0.468 e. The van der Waals surface area contributed by atoms with Gasteiger partial charge in [-0.25, -0.2) is 0 Å². The highest BCUT2D eigenvalue weighted by Gasteiger charge is 2.36. The molecule has 1 aromatic heterocycles. The summed E-state index contributed by atoms with van der Waals surface area (Å²) in [5.41, 5.74) is 0.339. The molecule has 0 aliphatic heterocycles. The topological polar surface area (TPSA) is 68.3 Å². The maximum atomic E-state index is 12.2. The first kappa shape index (κ1) is 15.7. The minimum Gasteiger partial charge on any atom is -0.468 e. The van der Waals surface area contributed by atoms with E-state index in [0.717, 1.165) is 5.56 Å². The van der Waals surface area contributed by atoms with Crippen molar-refractivity contribution in [3.63, 3.8) is 0 Å². The molecule has 0 fully saturated rings. The molecular formula is C17H18N2O3. The lowest BCUT2D eigenvalue weighted by molar-refractivity contribution is -0.146. The van der Waals surface area contributed by atoms with Crippen LogP contribution in [0, 0.1) is 0 Å². The molecule has 1 amide bonds. The van der Waals surface area contributed by atoms with E-state index < -0.39 is 11.4 Å². The molecule has 1 atom stereocenters. The summed E-state index contributed by atoms with van der Waals surface area (Å²) in [5, 5.41) is 2.79. The predicted octanol–water partition coefficient (Wildman–Crippen LogP) is 1.94. The van der Waals surface area contributed by atoms with Crippen LogP contribution < -0.4 is 5.32 Å². The number of pyridine rings is 1. The zero-order valence-corrected chi connectivity index (χ0v) is 12.6. The first-order chi connectivity index (χ1) is 10.6. The Balaban J connectivity index is 2.18. The summed E-state index contributed by atoms with van der Waals surface area (Å²) in [5.74, 6) is -0.651. The fourth-order valence-corrected chi connectivity index (χ4v) is 2.19. The van der Waals surface area contributed by atoms with Gasteiger partial charge in [0.05, 0.1) is 7.11 Å². The third kappa shape index (κ3) is 3.31. The van der Waals surface area contributed by atoms with Crippen LogP contribution in [0.1, 0.15) is 22.8 Å². The smallest absolute Gasteiger partial charge is 0.317 e. The normalized spacial score (nSPS) is 13.0. The number of nitrogens with one attached hydrogen (secondary N) is 1. The van der Waals surface area contributed by atoms with Gasteiger partial charge >= 0.3 is 5.97 Å². The molecule has 1 aromatic carbocycles. The molecule has 2 aromatic rings. The molecule has 0 spiro atoms. The molecule has 5 heteroatoms. The van der Waals surface area contributed by atoms with Crippen LogP contribution in [0.4, 0.5) is 0 Å². The van der Waals surface area contributed by atoms with E-state index in [4.69, 9.17) is 4.74 Å². The van der Waals surface area contributed by atoms with Gasteiger partial charge in [0.1, 0.15) is 5.41 Å². The molecule has 0 aliphatic carbocycles. The molecule has 0 aliphatic rings. The van der Waals surface area contributed by atoms with Crippen molar-refractivity contribution in [1.82, 2.24) is 10.3 Å². The van der Waals surface area contributed by atoms with Gasteiger partial charge < -0.3 is 10.1 Å². The Morgan fingerprint density at radius 3 is 2.36 bits per heavy atom. The van der Waals surface area contributed by atoms with Crippen molar-refractivity contribution >= 4 is 11.9 Å². The van der Waals surface area contributed by atoms with Crippen LogP contribution in [-0.2, 0) is 14.9 Å². The number of carbonyl (C=O) groups is 2. The van der Waals surface area contributed by atoms with E-state index in [0.29, 0.717) is 5.56 Å². The van der Waals surface area contributed by atoms with E-state index in [1.807, 2.05) is 30.3 Å². The Hall–Kier alpha value is -2.69. The van der Waals surface area contributed by atoms with Gasteiger partial charge in [-0.05, 0) is 24.6 Å². The lowest BCUT2D eigenvalue weighted by Gasteiger charge is -2.27. The van der Waals surface area contributed by atoms with Gasteiger partial charge in [0, 0.05) is 24.5 Å². The van der Waals surface area contributed by atoms with E-state index >= 15 is 0 Å². The van der Waals surface area contributed by atoms with Crippen LogP contribution in [0.5, 0.6) is 0 Å². The molecule has 5 nitrogen and oxygen atoms in total. The number of rotatable bonds is 5. The average molecular weight is 298 g/mol. The lowest BCUT2D eigenvalue weighted by atomic mass is 9.82. The number of carbonyl (C=O) groups excluding carboxylic acids is 2. The quantitative estimate of drug-likeness (QED) is 0.857. The summed E-state index contributed by atoms with van der Waals surface area (Å²) in [6, 6.07) is 12.5. The molecule has 0 unspecified atom stereocenters. The second-order valence-corrected chi connectivity index (χ2v) is 5.11. The van der Waals surface area contributed by atoms with Crippen molar-refractivity contribution in [3.05, 3.63) is 66.0 Å². The summed E-state index contributed by atoms with van der Waals surface area (Å²) < 4.78 is 4.91. The van der Waals surface area contributed by atoms with Crippen molar-refractivity contribution in [3.8, 4) is 0 Å². The Kier molecular flexibility index (Phi) is 4.88. The minimum atomic E-state index is -0.946. The molecule has 1 heterocycles. The zero-order valence-electron chi connectivity index (χ0n) is 12.6. The Morgan fingerprint density at radius 2 is 1.77 bits per heavy atom. The number of ether oxygens (including phenoxy) is 1. The highest BCUT2D eigenvalue weighted by molar-refractivity contribution is 5.94. The van der Waals surface area contributed by atoms with E-state index in [9.17, 15) is 9.59 Å². The molecule has 22 heavy (non-hydrogen) atoms. The number of nitrogens with zero attached hydrogens (tertiary/aromatic N) is 1. The number of aromatic nitrogens is 1. The summed E-state index contributed by atoms with van der Waals surface area (Å²) in [6.07, 6.45) is 3.09. The standard InChI is InChI=1S/C17H18N2O3/c1-17(16(21)22-2,14-6-4-3-5-7-14)12-19-15(20)13-8-10-18-11-9-13/h3-11H,12H2,1-2H3,(H,19,20)/t17-/m1/s1. The fourth-order valence-electron chi connectivity index (χ4n) is 2.19. The van der Waals surface area contributed by atoms with Crippen LogP contribution in [-0.4, -0.2) is 30.5 Å². The van der Waals surface area contributed by atoms with Gasteiger partial charge in [0.2, 0.25) is 0 Å². The van der Waals surface area contributed by atoms with Gasteiger partial charge in [0.15, 0.2) is 0 Å². The first-order valence-electron chi connectivity index (χ1n) is 6.90. The molecule has 0 bridgehead atoms. The summed E-state index contributed by atoms with van der Waals surface area (Å²) in [6.45, 7) is 1.89. The van der Waals surface area contributed by atoms with Crippen molar-refractivity contribution in [2.75, 3.05) is 13.7 Å². The van der Waals surface area contributed by atoms with Crippen LogP contribution in [0.25, 0.3) is 0 Å². The molecule has 0 radical (unpaired) electrons. The highest BCUT2D eigenvalue weighted by atomic mass is 16.5. The minimum absolute atomic E-state index is 0.144.